The van der Waals surface area contributed by atoms with Gasteiger partial charge in [0.05, 0.1) is 12.7 Å². The molecule has 1 aliphatic rings. The van der Waals surface area contributed by atoms with Crippen LogP contribution in [0, 0.1) is 0 Å². The zero-order valence-corrected chi connectivity index (χ0v) is 17.5. The minimum Gasteiger partial charge on any atom is -0.508 e. The lowest BCUT2D eigenvalue weighted by Gasteiger charge is -2.36. The molecule has 170 valence electrons. The fourth-order valence-electron chi connectivity index (χ4n) is 3.72. The third kappa shape index (κ3) is 7.19. The average molecular weight is 433 g/mol. The molecular formula is C24H32O7. The number of aromatic hydroxyl groups is 2. The number of aryl methyl sites for hydroxylation is 2. The van der Waals surface area contributed by atoms with Gasteiger partial charge in [0.25, 0.3) is 0 Å². The lowest BCUT2D eigenvalue weighted by Crippen LogP contribution is -2.54. The fourth-order valence-corrected chi connectivity index (χ4v) is 3.72. The van der Waals surface area contributed by atoms with Gasteiger partial charge in [0.2, 0.25) is 0 Å². The fraction of sp³-hybridized carbons (Fsp3) is 0.500. The lowest BCUT2D eigenvalue weighted by molar-refractivity contribution is -0.283. The Morgan fingerprint density at radius 3 is 1.97 bits per heavy atom. The summed E-state index contributed by atoms with van der Waals surface area (Å²) in [5.41, 5.74) is 2.22. The molecule has 5 N–H and O–H groups in total. The number of phenolic OH excluding ortho intramolecular Hbond substituents is 2. The molecule has 0 aliphatic carbocycles. The average Bonchev–Trinajstić information content (AvgIpc) is 2.77. The van der Waals surface area contributed by atoms with Gasteiger partial charge in [-0.2, -0.15) is 0 Å². The van der Waals surface area contributed by atoms with E-state index in [1.165, 1.54) is 0 Å². The number of hydrogen-bond donors (Lipinski definition) is 5. The van der Waals surface area contributed by atoms with E-state index in [-0.39, 0.29) is 24.2 Å². The van der Waals surface area contributed by atoms with Crippen LogP contribution < -0.4 is 0 Å². The second-order valence-corrected chi connectivity index (χ2v) is 8.13. The minimum absolute atomic E-state index is 0.0889. The third-order valence-electron chi connectivity index (χ3n) is 5.65. The van der Waals surface area contributed by atoms with Crippen molar-refractivity contribution in [2.75, 3.05) is 6.61 Å². The SMILES string of the molecule is Oc1ccc(CCCCC(CCc2ccc(O)cc2)O[C@@H]2OC[C@@H](O)[C@H](O)[C@H]2O)cc1. The highest BCUT2D eigenvalue weighted by molar-refractivity contribution is 5.26. The van der Waals surface area contributed by atoms with Crippen LogP contribution in [0.15, 0.2) is 48.5 Å². The van der Waals surface area contributed by atoms with E-state index in [0.29, 0.717) is 6.42 Å². The van der Waals surface area contributed by atoms with Crippen molar-refractivity contribution in [1.29, 1.82) is 0 Å². The van der Waals surface area contributed by atoms with Gasteiger partial charge < -0.3 is 35.0 Å². The van der Waals surface area contributed by atoms with Crippen molar-refractivity contribution in [1.82, 2.24) is 0 Å². The van der Waals surface area contributed by atoms with Crippen molar-refractivity contribution in [3.63, 3.8) is 0 Å². The summed E-state index contributed by atoms with van der Waals surface area (Å²) in [7, 11) is 0. The maximum absolute atomic E-state index is 10.2. The summed E-state index contributed by atoms with van der Waals surface area (Å²) in [5.74, 6) is 0.474. The van der Waals surface area contributed by atoms with Gasteiger partial charge in [0.1, 0.15) is 29.8 Å². The third-order valence-corrected chi connectivity index (χ3v) is 5.65. The van der Waals surface area contributed by atoms with Crippen LogP contribution in [0.2, 0.25) is 0 Å². The van der Waals surface area contributed by atoms with Gasteiger partial charge in [-0.05, 0) is 67.5 Å². The molecule has 7 heteroatoms. The van der Waals surface area contributed by atoms with Crippen LogP contribution >= 0.6 is 0 Å². The molecule has 2 aromatic carbocycles. The molecule has 1 aliphatic heterocycles. The Bertz CT molecular complexity index is 778. The van der Waals surface area contributed by atoms with Crippen LogP contribution in [0.1, 0.15) is 36.8 Å². The number of unbranched alkanes of at least 4 members (excludes halogenated alkanes) is 1. The summed E-state index contributed by atoms with van der Waals surface area (Å²) in [4.78, 5) is 0. The summed E-state index contributed by atoms with van der Waals surface area (Å²) >= 11 is 0. The number of rotatable bonds is 10. The maximum atomic E-state index is 10.2. The van der Waals surface area contributed by atoms with E-state index in [1.807, 2.05) is 24.3 Å². The number of aliphatic hydroxyl groups is 3. The van der Waals surface area contributed by atoms with Crippen molar-refractivity contribution in [2.24, 2.45) is 0 Å². The van der Waals surface area contributed by atoms with Crippen LogP contribution in [-0.2, 0) is 22.3 Å². The zero-order chi connectivity index (χ0) is 22.2. The second-order valence-electron chi connectivity index (χ2n) is 8.13. The van der Waals surface area contributed by atoms with E-state index in [2.05, 4.69) is 0 Å². The highest BCUT2D eigenvalue weighted by Crippen LogP contribution is 2.23. The topological polar surface area (TPSA) is 120 Å². The molecule has 7 nitrogen and oxygen atoms in total. The first kappa shape index (κ1) is 23.5. The maximum Gasteiger partial charge on any atom is 0.186 e. The second kappa shape index (κ2) is 11.5. The largest absolute Gasteiger partial charge is 0.508 e. The van der Waals surface area contributed by atoms with Crippen molar-refractivity contribution in [3.05, 3.63) is 59.7 Å². The van der Waals surface area contributed by atoms with Crippen LogP contribution in [-0.4, -0.2) is 62.8 Å². The zero-order valence-electron chi connectivity index (χ0n) is 17.5. The summed E-state index contributed by atoms with van der Waals surface area (Å²) in [6.07, 6.45) is -0.0186. The van der Waals surface area contributed by atoms with Gasteiger partial charge in [-0.15, -0.1) is 0 Å². The van der Waals surface area contributed by atoms with Crippen LogP contribution in [0.5, 0.6) is 11.5 Å². The molecule has 3 rings (SSSR count). The minimum atomic E-state index is -1.31. The number of phenols is 2. The van der Waals surface area contributed by atoms with E-state index < -0.39 is 24.6 Å². The summed E-state index contributed by atoms with van der Waals surface area (Å²) < 4.78 is 11.4. The molecule has 0 saturated carbocycles. The van der Waals surface area contributed by atoms with E-state index in [0.717, 1.165) is 43.2 Å². The quantitative estimate of drug-likeness (QED) is 0.365. The molecule has 1 unspecified atom stereocenters. The number of benzene rings is 2. The van der Waals surface area contributed by atoms with Crippen molar-refractivity contribution in [3.8, 4) is 11.5 Å². The summed E-state index contributed by atoms with van der Waals surface area (Å²) in [5, 5.41) is 48.6. The molecule has 31 heavy (non-hydrogen) atoms. The molecule has 0 aromatic heterocycles. The van der Waals surface area contributed by atoms with Crippen LogP contribution in [0.3, 0.4) is 0 Å². The van der Waals surface area contributed by atoms with E-state index in [9.17, 15) is 25.5 Å². The molecule has 1 heterocycles. The molecule has 1 saturated heterocycles. The number of aliphatic hydroxyl groups excluding tert-OH is 3. The van der Waals surface area contributed by atoms with Gasteiger partial charge in [-0.25, -0.2) is 0 Å². The Balaban J connectivity index is 1.53. The smallest absolute Gasteiger partial charge is 0.186 e. The van der Waals surface area contributed by atoms with Crippen LogP contribution in [0.25, 0.3) is 0 Å². The van der Waals surface area contributed by atoms with E-state index >= 15 is 0 Å². The molecule has 2 aromatic rings. The van der Waals surface area contributed by atoms with Gasteiger partial charge >= 0.3 is 0 Å². The Morgan fingerprint density at radius 1 is 0.774 bits per heavy atom. The highest BCUT2D eigenvalue weighted by atomic mass is 16.7. The predicted octanol–water partition coefficient (Wildman–Crippen LogP) is 2.27. The van der Waals surface area contributed by atoms with Gasteiger partial charge in [0.15, 0.2) is 6.29 Å². The predicted molar refractivity (Wildman–Crippen MR) is 115 cm³/mol. The molecule has 0 spiro atoms. The van der Waals surface area contributed by atoms with Crippen LogP contribution in [0.4, 0.5) is 0 Å². The Kier molecular flexibility index (Phi) is 8.69. The molecule has 0 bridgehead atoms. The first-order valence-electron chi connectivity index (χ1n) is 10.8. The van der Waals surface area contributed by atoms with E-state index in [1.54, 1.807) is 24.3 Å². The van der Waals surface area contributed by atoms with Crippen molar-refractivity contribution < 1.29 is 35.0 Å². The van der Waals surface area contributed by atoms with Gasteiger partial charge in [-0.1, -0.05) is 30.7 Å². The molecule has 1 fully saturated rings. The molecule has 0 amide bonds. The van der Waals surface area contributed by atoms with E-state index in [4.69, 9.17) is 9.47 Å². The lowest BCUT2D eigenvalue weighted by atomic mass is 10.00. The first-order chi connectivity index (χ1) is 14.9. The number of ether oxygens (including phenoxy) is 2. The molecular weight excluding hydrogens is 400 g/mol. The number of hydrogen-bond acceptors (Lipinski definition) is 7. The summed E-state index contributed by atoms with van der Waals surface area (Å²) in [6.45, 7) is -0.0889. The summed E-state index contributed by atoms with van der Waals surface area (Å²) in [6, 6.07) is 14.2. The Hall–Kier alpha value is -2.16. The van der Waals surface area contributed by atoms with Crippen molar-refractivity contribution in [2.45, 2.75) is 69.2 Å². The van der Waals surface area contributed by atoms with Gasteiger partial charge in [0, 0.05) is 0 Å². The normalized spacial score (nSPS) is 24.7. The molecule has 0 radical (unpaired) electrons. The Morgan fingerprint density at radius 2 is 1.35 bits per heavy atom. The molecule has 5 atom stereocenters. The standard InChI is InChI=1S/C24H32O7/c25-18-10-5-16(6-11-18)3-1-2-4-20(14-9-17-7-12-19(26)13-8-17)31-24-23(29)22(28)21(27)15-30-24/h5-8,10-13,20-29H,1-4,9,14-15H2/t20?,21-,22+,23-,24+/m1/s1. The first-order valence-corrected chi connectivity index (χ1v) is 10.8. The van der Waals surface area contributed by atoms with Gasteiger partial charge in [-0.3, -0.25) is 0 Å². The Labute approximate surface area is 182 Å². The van der Waals surface area contributed by atoms with Crippen molar-refractivity contribution >= 4 is 0 Å². The monoisotopic (exact) mass is 432 g/mol. The highest BCUT2D eigenvalue weighted by Gasteiger charge is 2.39.